The summed E-state index contributed by atoms with van der Waals surface area (Å²) in [6.45, 7) is 9.64. The monoisotopic (exact) mass is 299 g/mol. The van der Waals surface area contributed by atoms with Crippen LogP contribution < -0.4 is 10.2 Å². The van der Waals surface area contributed by atoms with Gasteiger partial charge in [0.15, 0.2) is 5.13 Å². The van der Waals surface area contributed by atoms with E-state index in [0.717, 1.165) is 6.54 Å². The highest BCUT2D eigenvalue weighted by molar-refractivity contribution is 7.99. The van der Waals surface area contributed by atoms with Gasteiger partial charge in [0.2, 0.25) is 0 Å². The van der Waals surface area contributed by atoms with E-state index in [0.29, 0.717) is 6.04 Å². The van der Waals surface area contributed by atoms with E-state index >= 15 is 0 Å². The van der Waals surface area contributed by atoms with Crippen molar-refractivity contribution in [3.8, 4) is 0 Å². The molecular formula is C14H25N3S2. The average molecular weight is 300 g/mol. The average Bonchev–Trinajstić information content (AvgIpc) is 2.93. The molecule has 0 bridgehead atoms. The summed E-state index contributed by atoms with van der Waals surface area (Å²) in [7, 11) is 2.19. The van der Waals surface area contributed by atoms with Crippen molar-refractivity contribution in [3.05, 3.63) is 10.6 Å². The number of anilines is 1. The van der Waals surface area contributed by atoms with Gasteiger partial charge in [-0.15, -0.1) is 11.3 Å². The number of aromatic nitrogens is 1. The Labute approximate surface area is 125 Å². The van der Waals surface area contributed by atoms with E-state index in [1.807, 2.05) is 11.3 Å². The van der Waals surface area contributed by atoms with Gasteiger partial charge in [0.25, 0.3) is 0 Å². The first-order chi connectivity index (χ1) is 8.87. The Morgan fingerprint density at radius 1 is 1.42 bits per heavy atom. The zero-order valence-corrected chi connectivity index (χ0v) is 14.2. The molecule has 0 radical (unpaired) electrons. The van der Waals surface area contributed by atoms with Crippen LogP contribution in [0.15, 0.2) is 0 Å². The Balaban J connectivity index is 2.03. The number of nitrogens with one attached hydrogen (secondary N) is 1. The quantitative estimate of drug-likeness (QED) is 0.923. The van der Waals surface area contributed by atoms with E-state index in [4.69, 9.17) is 4.98 Å². The second kappa shape index (κ2) is 6.02. The molecule has 0 saturated carbocycles. The van der Waals surface area contributed by atoms with Gasteiger partial charge in [-0.25, -0.2) is 4.98 Å². The van der Waals surface area contributed by atoms with Gasteiger partial charge in [0, 0.05) is 35.8 Å². The van der Waals surface area contributed by atoms with Crippen molar-refractivity contribution in [2.45, 2.75) is 52.2 Å². The van der Waals surface area contributed by atoms with Gasteiger partial charge in [-0.3, -0.25) is 0 Å². The predicted octanol–water partition coefficient (Wildman–Crippen LogP) is 3.28. The van der Waals surface area contributed by atoms with Crippen molar-refractivity contribution in [2.24, 2.45) is 0 Å². The minimum Gasteiger partial charge on any atom is -0.347 e. The largest absolute Gasteiger partial charge is 0.347 e. The van der Waals surface area contributed by atoms with Crippen LogP contribution in [0, 0.1) is 6.92 Å². The van der Waals surface area contributed by atoms with E-state index < -0.39 is 0 Å². The number of rotatable bonds is 4. The van der Waals surface area contributed by atoms with Crippen LogP contribution >= 0.6 is 23.1 Å². The molecule has 0 spiro atoms. The summed E-state index contributed by atoms with van der Waals surface area (Å²) in [6.07, 6.45) is 1.29. The van der Waals surface area contributed by atoms with E-state index in [-0.39, 0.29) is 5.54 Å². The summed E-state index contributed by atoms with van der Waals surface area (Å²) in [5, 5.41) is 4.73. The SMILES string of the molecule is Cc1nc(N(C)C2CCSC2)sc1CNC(C)(C)C. The lowest BCUT2D eigenvalue weighted by molar-refractivity contribution is 0.425. The standard InChI is InChI=1S/C14H25N3S2/c1-10-12(8-15-14(2,3)4)19-13(16-10)17(5)11-6-7-18-9-11/h11,15H,6-9H2,1-5H3. The molecule has 1 unspecified atom stereocenters. The molecule has 2 rings (SSSR count). The first-order valence-corrected chi connectivity index (χ1v) is 8.86. The number of hydrogen-bond acceptors (Lipinski definition) is 5. The molecule has 1 N–H and O–H groups in total. The minimum absolute atomic E-state index is 0.157. The number of thiazole rings is 1. The molecule has 1 aliphatic rings. The molecule has 1 aromatic heterocycles. The van der Waals surface area contributed by atoms with Crippen molar-refractivity contribution in [2.75, 3.05) is 23.5 Å². The third-order valence-electron chi connectivity index (χ3n) is 3.42. The third kappa shape index (κ3) is 4.10. The Hall–Kier alpha value is -0.260. The fourth-order valence-electron chi connectivity index (χ4n) is 2.06. The van der Waals surface area contributed by atoms with Crippen LogP contribution in [-0.2, 0) is 6.54 Å². The maximum Gasteiger partial charge on any atom is 0.185 e. The lowest BCUT2D eigenvalue weighted by Crippen LogP contribution is -2.34. The number of nitrogens with zero attached hydrogens (tertiary/aromatic N) is 2. The van der Waals surface area contributed by atoms with Crippen LogP contribution in [0.3, 0.4) is 0 Å². The lowest BCUT2D eigenvalue weighted by Gasteiger charge is -2.22. The Morgan fingerprint density at radius 2 is 2.16 bits per heavy atom. The van der Waals surface area contributed by atoms with Crippen molar-refractivity contribution in [1.82, 2.24) is 10.3 Å². The number of thioether (sulfide) groups is 1. The zero-order valence-electron chi connectivity index (χ0n) is 12.6. The molecule has 19 heavy (non-hydrogen) atoms. The van der Waals surface area contributed by atoms with Gasteiger partial charge in [0.1, 0.15) is 0 Å². The minimum atomic E-state index is 0.157. The second-order valence-corrected chi connectivity index (χ2v) is 8.45. The molecule has 108 valence electrons. The highest BCUT2D eigenvalue weighted by Gasteiger charge is 2.23. The second-order valence-electron chi connectivity index (χ2n) is 6.24. The molecule has 0 aromatic carbocycles. The van der Waals surface area contributed by atoms with Crippen LogP contribution in [0.1, 0.15) is 37.8 Å². The van der Waals surface area contributed by atoms with Crippen LogP contribution in [-0.4, -0.2) is 35.1 Å². The Bertz CT molecular complexity index is 417. The summed E-state index contributed by atoms with van der Waals surface area (Å²) < 4.78 is 0. The molecule has 1 aromatic rings. The van der Waals surface area contributed by atoms with Crippen LogP contribution in [0.25, 0.3) is 0 Å². The van der Waals surface area contributed by atoms with Gasteiger partial charge in [-0.1, -0.05) is 0 Å². The molecule has 2 heterocycles. The van der Waals surface area contributed by atoms with Crippen molar-refractivity contribution >= 4 is 28.2 Å². The summed E-state index contributed by atoms with van der Waals surface area (Å²) >= 11 is 3.89. The molecule has 0 amide bonds. The molecule has 5 heteroatoms. The maximum absolute atomic E-state index is 4.75. The van der Waals surface area contributed by atoms with E-state index in [2.05, 4.69) is 56.7 Å². The smallest absolute Gasteiger partial charge is 0.185 e. The molecule has 1 saturated heterocycles. The van der Waals surface area contributed by atoms with Gasteiger partial charge >= 0.3 is 0 Å². The van der Waals surface area contributed by atoms with Crippen molar-refractivity contribution < 1.29 is 0 Å². The van der Waals surface area contributed by atoms with Crippen LogP contribution in [0.2, 0.25) is 0 Å². The molecular weight excluding hydrogens is 274 g/mol. The Morgan fingerprint density at radius 3 is 2.74 bits per heavy atom. The predicted molar refractivity (Wildman–Crippen MR) is 87.6 cm³/mol. The first kappa shape index (κ1) is 15.1. The Kier molecular flexibility index (Phi) is 4.79. The van der Waals surface area contributed by atoms with Gasteiger partial charge in [-0.2, -0.15) is 11.8 Å². The molecule has 3 nitrogen and oxygen atoms in total. The van der Waals surface area contributed by atoms with E-state index in [1.54, 1.807) is 0 Å². The highest BCUT2D eigenvalue weighted by atomic mass is 32.2. The van der Waals surface area contributed by atoms with E-state index in [1.165, 1.54) is 33.6 Å². The first-order valence-electron chi connectivity index (χ1n) is 6.89. The molecule has 1 atom stereocenters. The molecule has 1 aliphatic heterocycles. The lowest BCUT2D eigenvalue weighted by atomic mass is 10.1. The van der Waals surface area contributed by atoms with Gasteiger partial charge < -0.3 is 10.2 Å². The van der Waals surface area contributed by atoms with Gasteiger partial charge in [-0.05, 0) is 39.9 Å². The number of aryl methyl sites for hydroxylation is 1. The third-order valence-corrected chi connectivity index (χ3v) is 5.81. The summed E-state index contributed by atoms with van der Waals surface area (Å²) in [6, 6.07) is 0.666. The van der Waals surface area contributed by atoms with Crippen molar-refractivity contribution in [3.63, 3.8) is 0 Å². The summed E-state index contributed by atoms with van der Waals surface area (Å²) in [5.41, 5.74) is 1.33. The molecule has 1 fully saturated rings. The van der Waals surface area contributed by atoms with Crippen molar-refractivity contribution in [1.29, 1.82) is 0 Å². The highest BCUT2D eigenvalue weighted by Crippen LogP contribution is 2.30. The normalized spacial score (nSPS) is 19.9. The fourth-order valence-corrected chi connectivity index (χ4v) is 4.36. The van der Waals surface area contributed by atoms with Crippen LogP contribution in [0.5, 0.6) is 0 Å². The summed E-state index contributed by atoms with van der Waals surface area (Å²) in [4.78, 5) is 8.49. The van der Waals surface area contributed by atoms with Crippen LogP contribution in [0.4, 0.5) is 5.13 Å². The molecule has 0 aliphatic carbocycles. The maximum atomic E-state index is 4.75. The topological polar surface area (TPSA) is 28.2 Å². The zero-order chi connectivity index (χ0) is 14.0. The van der Waals surface area contributed by atoms with Gasteiger partial charge in [0.05, 0.1) is 5.69 Å². The summed E-state index contributed by atoms with van der Waals surface area (Å²) in [5.74, 6) is 2.53. The number of hydrogen-bond donors (Lipinski definition) is 1. The fraction of sp³-hybridized carbons (Fsp3) is 0.786. The van der Waals surface area contributed by atoms with E-state index in [9.17, 15) is 0 Å².